The number of aryl methyl sites for hydroxylation is 1. The van der Waals surface area contributed by atoms with Gasteiger partial charge in [-0.2, -0.15) is 0 Å². The Morgan fingerprint density at radius 3 is 2.90 bits per heavy atom. The molecule has 0 aliphatic rings. The second-order valence-corrected chi connectivity index (χ2v) is 5.09. The summed E-state index contributed by atoms with van der Waals surface area (Å²) in [4.78, 5) is 15.6. The van der Waals surface area contributed by atoms with Crippen LogP contribution in [-0.2, 0) is 0 Å². The molecular formula is C15H12ClN3O2. The summed E-state index contributed by atoms with van der Waals surface area (Å²) in [7, 11) is 0. The van der Waals surface area contributed by atoms with Crippen LogP contribution < -0.4 is 5.32 Å². The Labute approximate surface area is 125 Å². The Kier molecular flexibility index (Phi) is 3.27. The summed E-state index contributed by atoms with van der Waals surface area (Å²) in [6, 6.07) is 8.97. The van der Waals surface area contributed by atoms with E-state index in [2.05, 4.69) is 10.3 Å². The Bertz CT molecular complexity index is 842. The first-order valence-corrected chi connectivity index (χ1v) is 6.66. The van der Waals surface area contributed by atoms with Crippen LogP contribution in [0.25, 0.3) is 10.9 Å². The number of pyridine rings is 1. The number of hydrogen-bond acceptors (Lipinski definition) is 3. The number of rotatable bonds is 2. The molecule has 21 heavy (non-hydrogen) atoms. The molecule has 0 unspecified atom stereocenters. The summed E-state index contributed by atoms with van der Waals surface area (Å²) in [5.74, 6) is 0.477. The van der Waals surface area contributed by atoms with E-state index in [4.69, 9.17) is 11.6 Å². The molecular weight excluding hydrogens is 290 g/mol. The van der Waals surface area contributed by atoms with Gasteiger partial charge in [0.25, 0.3) is 0 Å². The summed E-state index contributed by atoms with van der Waals surface area (Å²) >= 11 is 5.96. The van der Waals surface area contributed by atoms with Crippen LogP contribution in [0.15, 0.2) is 42.7 Å². The molecule has 0 aliphatic carbocycles. The summed E-state index contributed by atoms with van der Waals surface area (Å²) in [5, 5.41) is 13.9. The summed E-state index contributed by atoms with van der Waals surface area (Å²) in [6.45, 7) is 1.87. The molecule has 0 fully saturated rings. The summed E-state index contributed by atoms with van der Waals surface area (Å²) in [6.07, 6.45) is 2.18. The molecule has 2 heterocycles. The highest BCUT2D eigenvalue weighted by molar-refractivity contribution is 6.30. The lowest BCUT2D eigenvalue weighted by Gasteiger charge is -2.09. The van der Waals surface area contributed by atoms with E-state index in [1.54, 1.807) is 30.6 Å². The maximum absolute atomic E-state index is 11.4. The van der Waals surface area contributed by atoms with Gasteiger partial charge in [-0.1, -0.05) is 17.7 Å². The Morgan fingerprint density at radius 2 is 2.19 bits per heavy atom. The van der Waals surface area contributed by atoms with E-state index in [-0.39, 0.29) is 0 Å². The number of nitrogens with one attached hydrogen (secondary N) is 1. The number of carbonyl (C=O) groups is 1. The third kappa shape index (κ3) is 2.43. The first-order valence-electron chi connectivity index (χ1n) is 6.29. The molecule has 2 aromatic heterocycles. The average molecular weight is 302 g/mol. The molecule has 2 N–H and O–H groups in total. The molecule has 0 aliphatic heterocycles. The lowest BCUT2D eigenvalue weighted by atomic mass is 10.2. The van der Waals surface area contributed by atoms with Crippen LogP contribution in [-0.4, -0.2) is 20.8 Å². The number of fused-ring (bicyclic) bond motifs is 1. The van der Waals surface area contributed by atoms with Crippen LogP contribution in [0.1, 0.15) is 5.56 Å². The van der Waals surface area contributed by atoms with Crippen LogP contribution >= 0.6 is 11.6 Å². The first-order chi connectivity index (χ1) is 10.1. The number of carboxylic acid groups (broad SMARTS) is 1. The van der Waals surface area contributed by atoms with Crippen molar-refractivity contribution in [1.29, 1.82) is 0 Å². The predicted octanol–water partition coefficient (Wildman–Crippen LogP) is 4.27. The minimum absolute atomic E-state index is 0.477. The molecule has 0 bridgehead atoms. The van der Waals surface area contributed by atoms with Crippen molar-refractivity contribution in [2.45, 2.75) is 6.92 Å². The van der Waals surface area contributed by atoms with E-state index in [0.717, 1.165) is 16.6 Å². The van der Waals surface area contributed by atoms with E-state index in [1.165, 1.54) is 4.57 Å². The number of anilines is 2. The van der Waals surface area contributed by atoms with Gasteiger partial charge in [0.2, 0.25) is 0 Å². The van der Waals surface area contributed by atoms with Crippen molar-refractivity contribution in [3.63, 3.8) is 0 Å². The van der Waals surface area contributed by atoms with Gasteiger partial charge >= 0.3 is 6.09 Å². The van der Waals surface area contributed by atoms with Crippen LogP contribution in [0.4, 0.5) is 16.3 Å². The fourth-order valence-electron chi connectivity index (χ4n) is 2.29. The fraction of sp³-hybridized carbons (Fsp3) is 0.0667. The number of aromatic nitrogens is 2. The lowest BCUT2D eigenvalue weighted by molar-refractivity contribution is 0.197. The zero-order chi connectivity index (χ0) is 15.0. The molecule has 0 atom stereocenters. The van der Waals surface area contributed by atoms with Gasteiger partial charge < -0.3 is 10.4 Å². The highest BCUT2D eigenvalue weighted by atomic mass is 35.5. The maximum Gasteiger partial charge on any atom is 0.416 e. The number of halogens is 1. The van der Waals surface area contributed by atoms with Gasteiger partial charge in [-0.05, 0) is 36.8 Å². The molecule has 0 amide bonds. The van der Waals surface area contributed by atoms with Crippen LogP contribution in [0.3, 0.4) is 0 Å². The molecule has 0 spiro atoms. The van der Waals surface area contributed by atoms with Crippen LogP contribution in [0.2, 0.25) is 5.02 Å². The Balaban J connectivity index is 2.16. The van der Waals surface area contributed by atoms with Gasteiger partial charge in [0, 0.05) is 28.5 Å². The average Bonchev–Trinajstić information content (AvgIpc) is 2.78. The highest BCUT2D eigenvalue weighted by Gasteiger charge is 2.15. The van der Waals surface area contributed by atoms with E-state index < -0.39 is 6.09 Å². The molecule has 1 aromatic carbocycles. The van der Waals surface area contributed by atoms with Crippen molar-refractivity contribution < 1.29 is 9.90 Å². The van der Waals surface area contributed by atoms with E-state index in [9.17, 15) is 9.90 Å². The Hall–Kier alpha value is -2.53. The van der Waals surface area contributed by atoms with Gasteiger partial charge in [-0.25, -0.2) is 14.3 Å². The lowest BCUT2D eigenvalue weighted by Crippen LogP contribution is -2.08. The standard InChI is InChI=1S/C15H12ClN3O2/c1-9-8-19(15(20)21)13-12(9)5-6-17-14(13)18-11-4-2-3-10(16)7-11/h2-8H,1H3,(H,17,18)(H,20,21). The maximum atomic E-state index is 11.4. The number of benzene rings is 1. The Morgan fingerprint density at radius 1 is 1.38 bits per heavy atom. The second-order valence-electron chi connectivity index (χ2n) is 4.66. The molecule has 106 valence electrons. The van der Waals surface area contributed by atoms with Gasteiger partial charge in [-0.3, -0.25) is 0 Å². The number of hydrogen-bond donors (Lipinski definition) is 2. The molecule has 3 rings (SSSR count). The normalized spacial score (nSPS) is 10.8. The quantitative estimate of drug-likeness (QED) is 0.742. The third-order valence-electron chi connectivity index (χ3n) is 3.21. The smallest absolute Gasteiger partial charge is 0.416 e. The highest BCUT2D eigenvalue weighted by Crippen LogP contribution is 2.28. The zero-order valence-corrected chi connectivity index (χ0v) is 11.9. The van der Waals surface area contributed by atoms with Crippen molar-refractivity contribution >= 4 is 40.1 Å². The van der Waals surface area contributed by atoms with Crippen molar-refractivity contribution in [1.82, 2.24) is 9.55 Å². The van der Waals surface area contributed by atoms with E-state index >= 15 is 0 Å². The van der Waals surface area contributed by atoms with Crippen molar-refractivity contribution in [2.75, 3.05) is 5.32 Å². The van der Waals surface area contributed by atoms with Crippen molar-refractivity contribution in [3.8, 4) is 0 Å². The van der Waals surface area contributed by atoms with Crippen molar-refractivity contribution in [2.24, 2.45) is 0 Å². The minimum atomic E-state index is -1.05. The molecule has 5 nitrogen and oxygen atoms in total. The van der Waals surface area contributed by atoms with Crippen LogP contribution in [0, 0.1) is 6.92 Å². The van der Waals surface area contributed by atoms with Crippen molar-refractivity contribution in [3.05, 3.63) is 53.3 Å². The SMILES string of the molecule is Cc1cn(C(=O)O)c2c(Nc3cccc(Cl)c3)nccc12. The fourth-order valence-corrected chi connectivity index (χ4v) is 2.48. The van der Waals surface area contributed by atoms with Gasteiger partial charge in [0.15, 0.2) is 5.82 Å². The first kappa shape index (κ1) is 13.5. The summed E-state index contributed by atoms with van der Waals surface area (Å²) in [5.41, 5.74) is 2.16. The molecule has 0 saturated carbocycles. The molecule has 0 radical (unpaired) electrons. The predicted molar refractivity (Wildman–Crippen MR) is 82.6 cm³/mol. The molecule has 3 aromatic rings. The van der Waals surface area contributed by atoms with Crippen LogP contribution in [0.5, 0.6) is 0 Å². The monoisotopic (exact) mass is 301 g/mol. The van der Waals surface area contributed by atoms with Gasteiger partial charge in [0.1, 0.15) is 5.52 Å². The topological polar surface area (TPSA) is 67.2 Å². The number of nitrogens with zero attached hydrogens (tertiary/aromatic N) is 2. The molecule has 0 saturated heterocycles. The van der Waals surface area contributed by atoms with Gasteiger partial charge in [-0.15, -0.1) is 0 Å². The largest absolute Gasteiger partial charge is 0.464 e. The second kappa shape index (κ2) is 5.10. The zero-order valence-electron chi connectivity index (χ0n) is 11.2. The van der Waals surface area contributed by atoms with E-state index in [0.29, 0.717) is 16.4 Å². The summed E-state index contributed by atoms with van der Waals surface area (Å²) < 4.78 is 1.17. The molecule has 6 heteroatoms. The minimum Gasteiger partial charge on any atom is -0.464 e. The third-order valence-corrected chi connectivity index (χ3v) is 3.44. The van der Waals surface area contributed by atoms with E-state index in [1.807, 2.05) is 19.1 Å². The van der Waals surface area contributed by atoms with Gasteiger partial charge in [0.05, 0.1) is 0 Å².